The summed E-state index contributed by atoms with van der Waals surface area (Å²) in [5.74, 6) is -0.808. The van der Waals surface area contributed by atoms with Crippen LogP contribution in [0.3, 0.4) is 0 Å². The summed E-state index contributed by atoms with van der Waals surface area (Å²) in [6.07, 6.45) is 1.56. The second kappa shape index (κ2) is 12.5. The average Bonchev–Trinajstić information content (AvgIpc) is 3.26. The van der Waals surface area contributed by atoms with Crippen molar-refractivity contribution in [1.29, 1.82) is 0 Å². The molecule has 0 saturated heterocycles. The van der Waals surface area contributed by atoms with E-state index in [9.17, 15) is 14.4 Å². The van der Waals surface area contributed by atoms with E-state index < -0.39 is 29.7 Å². The van der Waals surface area contributed by atoms with Crippen molar-refractivity contribution < 1.29 is 23.9 Å². The zero-order chi connectivity index (χ0) is 27.0. The van der Waals surface area contributed by atoms with Gasteiger partial charge in [-0.25, -0.2) is 9.59 Å². The van der Waals surface area contributed by atoms with Gasteiger partial charge in [-0.2, -0.15) is 0 Å². The number of para-hydroxylation sites is 1. The van der Waals surface area contributed by atoms with E-state index in [0.29, 0.717) is 6.42 Å². The first-order valence-corrected chi connectivity index (χ1v) is 12.3. The fraction of sp³-hybridized carbons (Fsp3) is 0.393. The number of nitrogens with two attached hydrogens (primary N) is 1. The van der Waals surface area contributed by atoms with Crippen LogP contribution in [0.4, 0.5) is 4.79 Å². The number of ether oxygens (including phenoxy) is 2. The van der Waals surface area contributed by atoms with Crippen molar-refractivity contribution in [2.75, 3.05) is 20.1 Å². The molecule has 2 aromatic carbocycles. The Morgan fingerprint density at radius 3 is 2.43 bits per heavy atom. The number of carbonyl (C=O) groups is 3. The van der Waals surface area contributed by atoms with Crippen LogP contribution in [0.2, 0.25) is 0 Å². The van der Waals surface area contributed by atoms with Gasteiger partial charge in [-0.05, 0) is 44.4 Å². The molecule has 0 aliphatic rings. The van der Waals surface area contributed by atoms with E-state index in [2.05, 4.69) is 10.3 Å². The molecule has 3 rings (SSSR count). The quantitative estimate of drug-likeness (QED) is 0.340. The lowest BCUT2D eigenvalue weighted by Gasteiger charge is -2.29. The molecule has 1 amide bonds. The van der Waals surface area contributed by atoms with Crippen molar-refractivity contribution in [3.05, 3.63) is 71.9 Å². The van der Waals surface area contributed by atoms with Crippen molar-refractivity contribution in [3.63, 3.8) is 0 Å². The lowest BCUT2D eigenvalue weighted by atomic mass is 10.0. The number of likely N-dealkylation sites (N-methyl/N-ethyl adjacent to an activating group) is 1. The molecule has 4 N–H and O–H groups in total. The zero-order valence-corrected chi connectivity index (χ0v) is 21.8. The highest BCUT2D eigenvalue weighted by Crippen LogP contribution is 2.19. The zero-order valence-electron chi connectivity index (χ0n) is 21.8. The van der Waals surface area contributed by atoms with Gasteiger partial charge in [0.2, 0.25) is 0 Å². The van der Waals surface area contributed by atoms with Gasteiger partial charge in [-0.1, -0.05) is 48.5 Å². The number of nitrogens with one attached hydrogen (secondary N) is 2. The molecule has 2 atom stereocenters. The first kappa shape index (κ1) is 27.9. The smallest absolute Gasteiger partial charge is 0.410 e. The Morgan fingerprint density at radius 2 is 1.73 bits per heavy atom. The summed E-state index contributed by atoms with van der Waals surface area (Å²) < 4.78 is 10.9. The number of nitrogens with zero attached hydrogens (tertiary/aromatic N) is 1. The molecule has 198 valence electrons. The number of rotatable bonds is 11. The highest BCUT2D eigenvalue weighted by atomic mass is 16.6. The fourth-order valence-electron chi connectivity index (χ4n) is 3.81. The highest BCUT2D eigenvalue weighted by Gasteiger charge is 2.32. The minimum absolute atomic E-state index is 0.00258. The molecule has 0 radical (unpaired) electrons. The predicted molar refractivity (Wildman–Crippen MR) is 142 cm³/mol. The van der Waals surface area contributed by atoms with E-state index in [1.807, 2.05) is 60.8 Å². The van der Waals surface area contributed by atoms with Gasteiger partial charge in [-0.3, -0.25) is 9.69 Å². The van der Waals surface area contributed by atoms with E-state index in [-0.39, 0.29) is 25.5 Å². The minimum atomic E-state index is -1.000. The van der Waals surface area contributed by atoms with Gasteiger partial charge in [0.25, 0.3) is 0 Å². The number of carbonyl (C=O) groups excluding carboxylic acids is 3. The molecule has 0 aliphatic carbocycles. The summed E-state index contributed by atoms with van der Waals surface area (Å²) in [6, 6.07) is 15.3. The van der Waals surface area contributed by atoms with E-state index in [1.165, 1.54) is 11.9 Å². The Balaban J connectivity index is 1.58. The second-order valence-corrected chi connectivity index (χ2v) is 9.97. The van der Waals surface area contributed by atoms with Gasteiger partial charge in [0.05, 0.1) is 12.6 Å². The molecule has 0 bridgehead atoms. The van der Waals surface area contributed by atoms with Crippen molar-refractivity contribution in [1.82, 2.24) is 15.2 Å². The summed E-state index contributed by atoms with van der Waals surface area (Å²) in [5, 5.41) is 4.00. The normalized spacial score (nSPS) is 13.1. The number of benzene rings is 2. The summed E-state index contributed by atoms with van der Waals surface area (Å²) in [4.78, 5) is 42.7. The average molecular weight is 509 g/mol. The van der Waals surface area contributed by atoms with Crippen molar-refractivity contribution in [2.45, 2.75) is 51.5 Å². The maximum Gasteiger partial charge on any atom is 0.410 e. The van der Waals surface area contributed by atoms with Crippen LogP contribution in [0.25, 0.3) is 10.9 Å². The number of aromatic nitrogens is 1. The maximum atomic E-state index is 12.9. The van der Waals surface area contributed by atoms with Crippen LogP contribution >= 0.6 is 0 Å². The Kier molecular flexibility index (Phi) is 9.43. The Morgan fingerprint density at radius 1 is 1.05 bits per heavy atom. The molecule has 0 fully saturated rings. The van der Waals surface area contributed by atoms with Crippen molar-refractivity contribution in [3.8, 4) is 0 Å². The Bertz CT molecular complexity index is 1200. The SMILES string of the molecule is CN(C(=O)OCc1ccccc1)C(CNCC(=O)[C@@H](N)Cc1c[nH]c2ccccc12)C(=O)OC(C)(C)C. The van der Waals surface area contributed by atoms with E-state index in [4.69, 9.17) is 15.2 Å². The monoisotopic (exact) mass is 508 g/mol. The first-order valence-electron chi connectivity index (χ1n) is 12.3. The first-order chi connectivity index (χ1) is 17.5. The largest absolute Gasteiger partial charge is 0.458 e. The van der Waals surface area contributed by atoms with Crippen LogP contribution < -0.4 is 11.1 Å². The van der Waals surface area contributed by atoms with E-state index >= 15 is 0 Å². The molecule has 0 saturated carbocycles. The standard InChI is InChI=1S/C28H36N4O5/c1-28(2,3)37-26(34)24(32(4)27(35)36-18-19-10-6-5-7-11-19)16-30-17-25(33)22(29)14-20-15-31-23-13-9-8-12-21(20)23/h5-13,15,22,24,30-31H,14,16-18,29H2,1-4H3/t22-,24?/m0/s1. The molecule has 0 aliphatic heterocycles. The number of ketones is 1. The molecule has 1 aromatic heterocycles. The molecule has 0 spiro atoms. The van der Waals surface area contributed by atoms with Crippen LogP contribution in [0.15, 0.2) is 60.8 Å². The summed E-state index contributed by atoms with van der Waals surface area (Å²) in [6.45, 7) is 5.25. The number of hydrogen-bond donors (Lipinski definition) is 3. The van der Waals surface area contributed by atoms with Gasteiger partial charge in [0.1, 0.15) is 18.2 Å². The molecule has 9 heteroatoms. The molecule has 1 unspecified atom stereocenters. The van der Waals surface area contributed by atoms with Gasteiger partial charge in [-0.15, -0.1) is 0 Å². The van der Waals surface area contributed by atoms with Crippen LogP contribution in [0.1, 0.15) is 31.9 Å². The number of amides is 1. The molecule has 9 nitrogen and oxygen atoms in total. The third-order valence-electron chi connectivity index (χ3n) is 5.80. The predicted octanol–water partition coefficient (Wildman–Crippen LogP) is 3.18. The topological polar surface area (TPSA) is 127 Å². The molecular formula is C28H36N4O5. The van der Waals surface area contributed by atoms with Crippen molar-refractivity contribution in [2.24, 2.45) is 5.73 Å². The number of aromatic amines is 1. The summed E-state index contributed by atoms with van der Waals surface area (Å²) >= 11 is 0. The fourth-order valence-corrected chi connectivity index (χ4v) is 3.81. The Hall–Kier alpha value is -3.69. The number of Topliss-reactive ketones (excluding diaryl/α,β-unsaturated/α-hetero) is 1. The van der Waals surface area contributed by atoms with Gasteiger partial charge < -0.3 is 25.5 Å². The number of H-pyrrole nitrogens is 1. The third-order valence-corrected chi connectivity index (χ3v) is 5.80. The van der Waals surface area contributed by atoms with Gasteiger partial charge in [0.15, 0.2) is 5.78 Å². The van der Waals surface area contributed by atoms with Crippen LogP contribution in [0.5, 0.6) is 0 Å². The molecule has 1 heterocycles. The summed E-state index contributed by atoms with van der Waals surface area (Å²) in [5.41, 5.74) is 8.21. The van der Waals surface area contributed by atoms with Gasteiger partial charge >= 0.3 is 12.1 Å². The number of esters is 1. The van der Waals surface area contributed by atoms with Crippen LogP contribution in [0, 0.1) is 0 Å². The van der Waals surface area contributed by atoms with E-state index in [0.717, 1.165) is 22.0 Å². The maximum absolute atomic E-state index is 12.9. The Labute approximate surface area is 217 Å². The van der Waals surface area contributed by atoms with Gasteiger partial charge in [0, 0.05) is 30.7 Å². The minimum Gasteiger partial charge on any atom is -0.458 e. The van der Waals surface area contributed by atoms with Crippen molar-refractivity contribution >= 4 is 28.7 Å². The number of fused-ring (bicyclic) bond motifs is 1. The highest BCUT2D eigenvalue weighted by molar-refractivity contribution is 5.88. The second-order valence-electron chi connectivity index (χ2n) is 9.97. The lowest BCUT2D eigenvalue weighted by Crippen LogP contribution is -2.51. The lowest BCUT2D eigenvalue weighted by molar-refractivity contribution is -0.160. The number of hydrogen-bond acceptors (Lipinski definition) is 7. The van der Waals surface area contributed by atoms with Crippen LogP contribution in [-0.4, -0.2) is 65.6 Å². The third kappa shape index (κ3) is 8.16. The summed E-state index contributed by atoms with van der Waals surface area (Å²) in [7, 11) is 1.47. The molecule has 3 aromatic rings. The molecule has 37 heavy (non-hydrogen) atoms. The van der Waals surface area contributed by atoms with Crippen LogP contribution in [-0.2, 0) is 32.1 Å². The van der Waals surface area contributed by atoms with E-state index in [1.54, 1.807) is 20.8 Å². The molecular weight excluding hydrogens is 472 g/mol.